The normalized spacial score (nSPS) is 12.1. The predicted molar refractivity (Wildman–Crippen MR) is 127 cm³/mol. The van der Waals surface area contributed by atoms with Crippen LogP contribution < -0.4 is 5.73 Å². The van der Waals surface area contributed by atoms with Crippen LogP contribution in [0.1, 0.15) is 68.3 Å². The van der Waals surface area contributed by atoms with Crippen LogP contribution in [0.2, 0.25) is 0 Å². The second-order valence-corrected chi connectivity index (χ2v) is 8.93. The van der Waals surface area contributed by atoms with E-state index >= 15 is 0 Å². The molecule has 1 aromatic heterocycles. The zero-order valence-corrected chi connectivity index (χ0v) is 19.3. The molecule has 0 fully saturated rings. The van der Waals surface area contributed by atoms with Crippen LogP contribution in [0, 0.1) is 6.92 Å². The van der Waals surface area contributed by atoms with Gasteiger partial charge in [-0.25, -0.2) is 0 Å². The highest BCUT2D eigenvalue weighted by molar-refractivity contribution is 7.98. The van der Waals surface area contributed by atoms with E-state index < -0.39 is 0 Å². The maximum absolute atomic E-state index is 11.3. The van der Waals surface area contributed by atoms with Gasteiger partial charge in [-0.1, -0.05) is 79.6 Å². The number of rotatable bonds is 12. The Labute approximate surface area is 189 Å². The number of carbonyl (C=O) groups excluding carboxylic acids is 1. The first-order valence-corrected chi connectivity index (χ1v) is 12.0. The van der Waals surface area contributed by atoms with Gasteiger partial charge in [-0.15, -0.1) is 10.2 Å². The van der Waals surface area contributed by atoms with E-state index in [1.165, 1.54) is 11.1 Å². The lowest BCUT2D eigenvalue weighted by atomic mass is 9.94. The van der Waals surface area contributed by atoms with Gasteiger partial charge < -0.3 is 5.73 Å². The molecule has 1 unspecified atom stereocenters. The van der Waals surface area contributed by atoms with Crippen molar-refractivity contribution in [1.29, 1.82) is 0 Å². The van der Waals surface area contributed by atoms with Crippen molar-refractivity contribution >= 4 is 17.7 Å². The number of benzene rings is 2. The Morgan fingerprint density at radius 1 is 1.06 bits per heavy atom. The first-order chi connectivity index (χ1) is 15.1. The van der Waals surface area contributed by atoms with Crippen LogP contribution in [0.4, 0.5) is 0 Å². The molecule has 1 amide bonds. The minimum absolute atomic E-state index is 0.242. The number of aromatic nitrogens is 3. The summed E-state index contributed by atoms with van der Waals surface area (Å²) in [5.74, 6) is 1.83. The molecule has 31 heavy (non-hydrogen) atoms. The molecule has 0 radical (unpaired) electrons. The minimum Gasteiger partial charge on any atom is -0.370 e. The number of hydrogen-bond acceptors (Lipinski definition) is 4. The molecule has 0 spiro atoms. The number of aryl methyl sites for hydroxylation is 1. The summed E-state index contributed by atoms with van der Waals surface area (Å²) in [6, 6.07) is 18.9. The van der Waals surface area contributed by atoms with Gasteiger partial charge >= 0.3 is 0 Å². The summed E-state index contributed by atoms with van der Waals surface area (Å²) in [6.07, 6.45) is 5.35. The second-order valence-electron chi connectivity index (χ2n) is 7.99. The van der Waals surface area contributed by atoms with Crippen LogP contribution in [0.3, 0.4) is 0 Å². The van der Waals surface area contributed by atoms with Crippen LogP contribution >= 0.6 is 11.8 Å². The van der Waals surface area contributed by atoms with E-state index in [1.54, 1.807) is 11.8 Å². The van der Waals surface area contributed by atoms with Crippen molar-refractivity contribution in [3.8, 4) is 5.69 Å². The molecule has 3 aromatic rings. The highest BCUT2D eigenvalue weighted by Crippen LogP contribution is 2.32. The van der Waals surface area contributed by atoms with Gasteiger partial charge in [0.1, 0.15) is 5.82 Å². The van der Waals surface area contributed by atoms with Gasteiger partial charge in [-0.2, -0.15) is 0 Å². The first-order valence-electron chi connectivity index (χ1n) is 11.1. The van der Waals surface area contributed by atoms with Crippen molar-refractivity contribution in [3.05, 3.63) is 71.5 Å². The first kappa shape index (κ1) is 23.1. The van der Waals surface area contributed by atoms with E-state index in [0.717, 1.165) is 54.5 Å². The quantitative estimate of drug-likeness (QED) is 0.364. The standard InChI is InChI=1S/C25H32N4OS/c1-3-4-12-21(13-9-16-23(26)30)24-27-28-25(29(24)22-14-6-5-7-15-22)31-18-20-11-8-10-19(2)17-20/h5-8,10-11,14-15,17,21H,3-4,9,12-13,16,18H2,1-2H3,(H2,26,30). The third-order valence-electron chi connectivity index (χ3n) is 5.37. The van der Waals surface area contributed by atoms with Crippen LogP contribution in [0.15, 0.2) is 59.8 Å². The number of nitrogens with zero attached hydrogens (tertiary/aromatic N) is 3. The van der Waals surface area contributed by atoms with Gasteiger partial charge in [-0.3, -0.25) is 9.36 Å². The van der Waals surface area contributed by atoms with E-state index in [9.17, 15) is 4.79 Å². The van der Waals surface area contributed by atoms with Crippen molar-refractivity contribution in [2.45, 2.75) is 69.2 Å². The molecule has 0 saturated carbocycles. The topological polar surface area (TPSA) is 73.8 Å². The molecular weight excluding hydrogens is 404 g/mol. The van der Waals surface area contributed by atoms with Gasteiger partial charge in [0.25, 0.3) is 0 Å². The zero-order chi connectivity index (χ0) is 22.1. The molecule has 3 rings (SSSR count). The van der Waals surface area contributed by atoms with E-state index in [4.69, 9.17) is 5.73 Å². The maximum atomic E-state index is 11.3. The molecule has 1 atom stereocenters. The summed E-state index contributed by atoms with van der Waals surface area (Å²) < 4.78 is 2.20. The van der Waals surface area contributed by atoms with Gasteiger partial charge in [-0.05, 0) is 43.9 Å². The molecule has 0 bridgehead atoms. The summed E-state index contributed by atoms with van der Waals surface area (Å²) in [7, 11) is 0. The summed E-state index contributed by atoms with van der Waals surface area (Å²) in [4.78, 5) is 11.3. The highest BCUT2D eigenvalue weighted by atomic mass is 32.2. The number of carbonyl (C=O) groups is 1. The van der Waals surface area contributed by atoms with E-state index in [1.807, 2.05) is 18.2 Å². The van der Waals surface area contributed by atoms with E-state index in [-0.39, 0.29) is 11.8 Å². The number of amides is 1. The molecule has 164 valence electrons. The molecule has 2 N–H and O–H groups in total. The fourth-order valence-electron chi connectivity index (χ4n) is 3.78. The fourth-order valence-corrected chi connectivity index (χ4v) is 4.69. The Kier molecular flexibility index (Phi) is 8.71. The van der Waals surface area contributed by atoms with Gasteiger partial charge in [0.2, 0.25) is 5.91 Å². The Morgan fingerprint density at radius 2 is 1.84 bits per heavy atom. The lowest BCUT2D eigenvalue weighted by Crippen LogP contribution is -2.13. The Bertz CT molecular complexity index is 971. The van der Waals surface area contributed by atoms with Crippen LogP contribution in [-0.2, 0) is 10.5 Å². The number of thioether (sulfide) groups is 1. The smallest absolute Gasteiger partial charge is 0.217 e. The molecule has 2 aromatic carbocycles. The molecule has 5 nitrogen and oxygen atoms in total. The van der Waals surface area contributed by atoms with Crippen molar-refractivity contribution in [3.63, 3.8) is 0 Å². The Morgan fingerprint density at radius 3 is 2.55 bits per heavy atom. The molecule has 0 aliphatic rings. The maximum Gasteiger partial charge on any atom is 0.217 e. The number of para-hydroxylation sites is 1. The summed E-state index contributed by atoms with van der Waals surface area (Å²) in [6.45, 7) is 4.31. The monoisotopic (exact) mass is 436 g/mol. The Hall–Kier alpha value is -2.60. The van der Waals surface area contributed by atoms with Gasteiger partial charge in [0.15, 0.2) is 5.16 Å². The SMILES string of the molecule is CCCCC(CCCC(N)=O)c1nnc(SCc2cccc(C)c2)n1-c1ccccc1. The van der Waals surface area contributed by atoms with E-state index in [0.29, 0.717) is 6.42 Å². The lowest BCUT2D eigenvalue weighted by molar-refractivity contribution is -0.118. The second kappa shape index (κ2) is 11.7. The molecule has 0 aliphatic heterocycles. The number of hydrogen-bond donors (Lipinski definition) is 1. The predicted octanol–water partition coefficient (Wildman–Crippen LogP) is 5.80. The summed E-state index contributed by atoms with van der Waals surface area (Å²) in [5.41, 5.74) is 8.98. The van der Waals surface area contributed by atoms with Gasteiger partial charge in [0.05, 0.1) is 0 Å². The molecular formula is C25H32N4OS. The molecule has 0 aliphatic carbocycles. The molecule has 0 saturated heterocycles. The van der Waals surface area contributed by atoms with Crippen molar-refractivity contribution in [2.75, 3.05) is 0 Å². The fraction of sp³-hybridized carbons (Fsp3) is 0.400. The number of primary amides is 1. The average molecular weight is 437 g/mol. The van der Waals surface area contributed by atoms with Gasteiger partial charge in [0, 0.05) is 23.8 Å². The number of nitrogens with two attached hydrogens (primary N) is 1. The lowest BCUT2D eigenvalue weighted by Gasteiger charge is -2.18. The average Bonchev–Trinajstić information content (AvgIpc) is 3.19. The number of unbranched alkanes of at least 4 members (excludes halogenated alkanes) is 1. The van der Waals surface area contributed by atoms with E-state index in [2.05, 4.69) is 65.0 Å². The minimum atomic E-state index is -0.242. The summed E-state index contributed by atoms with van der Waals surface area (Å²) in [5, 5.41) is 10.1. The third-order valence-corrected chi connectivity index (χ3v) is 6.37. The van der Waals surface area contributed by atoms with Crippen LogP contribution in [-0.4, -0.2) is 20.7 Å². The Balaban J connectivity index is 1.89. The highest BCUT2D eigenvalue weighted by Gasteiger charge is 2.22. The van der Waals surface area contributed by atoms with Crippen LogP contribution in [0.25, 0.3) is 5.69 Å². The largest absolute Gasteiger partial charge is 0.370 e. The molecule has 1 heterocycles. The zero-order valence-electron chi connectivity index (χ0n) is 18.5. The van der Waals surface area contributed by atoms with Crippen molar-refractivity contribution < 1.29 is 4.79 Å². The summed E-state index contributed by atoms with van der Waals surface area (Å²) >= 11 is 1.71. The third kappa shape index (κ3) is 6.69. The molecule has 6 heteroatoms. The van der Waals surface area contributed by atoms with Crippen molar-refractivity contribution in [2.24, 2.45) is 5.73 Å². The van der Waals surface area contributed by atoms with Crippen molar-refractivity contribution in [1.82, 2.24) is 14.8 Å². The van der Waals surface area contributed by atoms with Crippen LogP contribution in [0.5, 0.6) is 0 Å².